The molecule has 1 aromatic carbocycles. The fraction of sp³-hybridized carbons (Fsp3) is 0.650. The molecule has 1 N–H and O–H groups in total. The van der Waals surface area contributed by atoms with Gasteiger partial charge in [-0.2, -0.15) is 0 Å². The lowest BCUT2D eigenvalue weighted by molar-refractivity contribution is -0.186. The quantitative estimate of drug-likeness (QED) is 0.861. The van der Waals surface area contributed by atoms with Crippen LogP contribution < -0.4 is 4.74 Å². The predicted octanol–water partition coefficient (Wildman–Crippen LogP) is 3.63. The van der Waals surface area contributed by atoms with Crippen molar-refractivity contribution in [1.29, 1.82) is 0 Å². The Labute approximate surface area is 138 Å². The van der Waals surface area contributed by atoms with Gasteiger partial charge >= 0.3 is 0 Å². The number of benzene rings is 1. The summed E-state index contributed by atoms with van der Waals surface area (Å²) < 4.78 is 5.36. The van der Waals surface area contributed by atoms with Gasteiger partial charge in [-0.15, -0.1) is 0 Å². The number of hydrogen-bond acceptors (Lipinski definition) is 3. The summed E-state index contributed by atoms with van der Waals surface area (Å²) in [5.41, 5.74) is 1.38. The second-order valence-corrected chi connectivity index (χ2v) is 7.89. The van der Waals surface area contributed by atoms with E-state index in [-0.39, 0.29) is 11.7 Å². The molecule has 0 aliphatic heterocycles. The average Bonchev–Trinajstić information content (AvgIpc) is 2.56. The first-order chi connectivity index (χ1) is 11.0. The van der Waals surface area contributed by atoms with E-state index in [2.05, 4.69) is 12.1 Å². The zero-order chi connectivity index (χ0) is 16.2. The zero-order valence-corrected chi connectivity index (χ0v) is 14.1. The molecule has 3 aliphatic carbocycles. The van der Waals surface area contributed by atoms with Crippen LogP contribution in [0.25, 0.3) is 0 Å². The largest absolute Gasteiger partial charge is 0.497 e. The molecule has 0 spiro atoms. The van der Waals surface area contributed by atoms with E-state index in [0.717, 1.165) is 44.3 Å². The first-order valence-corrected chi connectivity index (χ1v) is 8.92. The van der Waals surface area contributed by atoms with Crippen molar-refractivity contribution < 1.29 is 14.6 Å². The van der Waals surface area contributed by atoms with Gasteiger partial charge in [-0.3, -0.25) is 4.79 Å². The molecule has 0 saturated heterocycles. The fourth-order valence-electron chi connectivity index (χ4n) is 5.65. The number of rotatable bonds is 1. The van der Waals surface area contributed by atoms with Crippen molar-refractivity contribution in [2.75, 3.05) is 7.11 Å². The SMILES string of the molecule is COc1ccc2c(c1)CC[C@H]1[C@H]2CC[C@]2(C)C(=O)CCC[C@]12O. The molecule has 0 heterocycles. The minimum Gasteiger partial charge on any atom is -0.497 e. The summed E-state index contributed by atoms with van der Waals surface area (Å²) in [6.45, 7) is 2.02. The molecule has 124 valence electrons. The van der Waals surface area contributed by atoms with E-state index >= 15 is 0 Å². The third kappa shape index (κ3) is 1.95. The van der Waals surface area contributed by atoms with E-state index in [1.165, 1.54) is 11.1 Å². The number of carbonyl (C=O) groups excluding carboxylic acids is 1. The fourth-order valence-corrected chi connectivity index (χ4v) is 5.65. The highest BCUT2D eigenvalue weighted by Crippen LogP contribution is 2.60. The number of hydrogen-bond donors (Lipinski definition) is 1. The highest BCUT2D eigenvalue weighted by molar-refractivity contribution is 5.87. The second-order valence-electron chi connectivity index (χ2n) is 7.89. The monoisotopic (exact) mass is 314 g/mol. The van der Waals surface area contributed by atoms with E-state index in [0.29, 0.717) is 12.3 Å². The molecule has 3 aliphatic rings. The van der Waals surface area contributed by atoms with Gasteiger partial charge in [0.15, 0.2) is 0 Å². The summed E-state index contributed by atoms with van der Waals surface area (Å²) in [7, 11) is 1.70. The highest BCUT2D eigenvalue weighted by atomic mass is 16.5. The van der Waals surface area contributed by atoms with E-state index in [9.17, 15) is 9.90 Å². The molecule has 0 amide bonds. The van der Waals surface area contributed by atoms with Gasteiger partial charge < -0.3 is 9.84 Å². The van der Waals surface area contributed by atoms with Crippen molar-refractivity contribution in [1.82, 2.24) is 0 Å². The first kappa shape index (κ1) is 15.2. The van der Waals surface area contributed by atoms with E-state index in [4.69, 9.17) is 4.74 Å². The van der Waals surface area contributed by atoms with Gasteiger partial charge in [0.05, 0.1) is 18.1 Å². The number of ketones is 1. The van der Waals surface area contributed by atoms with E-state index in [1.807, 2.05) is 13.0 Å². The van der Waals surface area contributed by atoms with Crippen LogP contribution in [0.4, 0.5) is 0 Å². The lowest BCUT2D eigenvalue weighted by atomic mass is 9.48. The molecular formula is C20H26O3. The summed E-state index contributed by atoms with van der Waals surface area (Å²) >= 11 is 0. The Morgan fingerprint density at radius 1 is 1.22 bits per heavy atom. The molecule has 2 fully saturated rings. The number of fused-ring (bicyclic) bond motifs is 5. The van der Waals surface area contributed by atoms with Crippen LogP contribution in [-0.2, 0) is 11.2 Å². The normalized spacial score (nSPS) is 39.2. The Hall–Kier alpha value is -1.35. The van der Waals surface area contributed by atoms with Crippen molar-refractivity contribution in [2.24, 2.45) is 11.3 Å². The molecule has 4 rings (SSSR count). The molecule has 0 unspecified atom stereocenters. The predicted molar refractivity (Wildman–Crippen MR) is 88.7 cm³/mol. The van der Waals surface area contributed by atoms with Crippen molar-refractivity contribution in [3.8, 4) is 5.75 Å². The molecule has 3 nitrogen and oxygen atoms in total. The maximum absolute atomic E-state index is 12.6. The molecule has 0 aromatic heterocycles. The van der Waals surface area contributed by atoms with Crippen LogP contribution in [-0.4, -0.2) is 23.6 Å². The minimum atomic E-state index is -0.817. The van der Waals surface area contributed by atoms with Gasteiger partial charge in [-0.25, -0.2) is 0 Å². The summed E-state index contributed by atoms with van der Waals surface area (Å²) in [4.78, 5) is 12.6. The Balaban J connectivity index is 1.75. The third-order valence-electron chi connectivity index (χ3n) is 7.06. The number of carbonyl (C=O) groups is 1. The van der Waals surface area contributed by atoms with Crippen LogP contribution in [0.5, 0.6) is 5.75 Å². The van der Waals surface area contributed by atoms with Crippen molar-refractivity contribution in [3.05, 3.63) is 29.3 Å². The Kier molecular flexibility index (Phi) is 3.35. The Morgan fingerprint density at radius 2 is 2.04 bits per heavy atom. The molecular weight excluding hydrogens is 288 g/mol. The van der Waals surface area contributed by atoms with Gasteiger partial charge in [0.25, 0.3) is 0 Å². The number of Topliss-reactive ketones (excluding diaryl/α,β-unsaturated/α-hetero) is 1. The van der Waals surface area contributed by atoms with Gasteiger partial charge in [-0.1, -0.05) is 6.07 Å². The van der Waals surface area contributed by atoms with Crippen molar-refractivity contribution in [2.45, 2.75) is 63.4 Å². The topological polar surface area (TPSA) is 46.5 Å². The van der Waals surface area contributed by atoms with Gasteiger partial charge in [0.1, 0.15) is 11.5 Å². The lowest BCUT2D eigenvalue weighted by Gasteiger charge is -2.58. The Morgan fingerprint density at radius 3 is 2.83 bits per heavy atom. The molecule has 4 atom stereocenters. The van der Waals surface area contributed by atoms with E-state index < -0.39 is 11.0 Å². The van der Waals surface area contributed by atoms with Crippen LogP contribution in [0.1, 0.15) is 62.5 Å². The van der Waals surface area contributed by atoms with Crippen LogP contribution in [0.15, 0.2) is 18.2 Å². The molecule has 1 aromatic rings. The maximum Gasteiger partial charge on any atom is 0.141 e. The van der Waals surface area contributed by atoms with Gasteiger partial charge in [-0.05, 0) is 80.5 Å². The number of ether oxygens (including phenoxy) is 1. The number of aryl methyl sites for hydroxylation is 1. The average molecular weight is 314 g/mol. The highest BCUT2D eigenvalue weighted by Gasteiger charge is 2.61. The summed E-state index contributed by atoms with van der Waals surface area (Å²) in [5.74, 6) is 1.79. The van der Waals surface area contributed by atoms with Crippen LogP contribution in [0, 0.1) is 11.3 Å². The van der Waals surface area contributed by atoms with E-state index in [1.54, 1.807) is 7.11 Å². The summed E-state index contributed by atoms with van der Waals surface area (Å²) in [6, 6.07) is 6.36. The van der Waals surface area contributed by atoms with Gasteiger partial charge in [0.2, 0.25) is 0 Å². The maximum atomic E-state index is 12.6. The first-order valence-electron chi connectivity index (χ1n) is 8.92. The lowest BCUT2D eigenvalue weighted by Crippen LogP contribution is -2.62. The van der Waals surface area contributed by atoms with Crippen LogP contribution in [0.2, 0.25) is 0 Å². The second kappa shape index (κ2) is 5.07. The standard InChI is InChI=1S/C20H26O3/c1-19-11-9-16-15-7-6-14(23-2)12-13(15)5-8-17(16)20(19,22)10-3-4-18(19)21/h6-7,12,16-17,22H,3-5,8-11H2,1-2H3/t16-,17-,19+,20-/m0/s1. The van der Waals surface area contributed by atoms with Crippen molar-refractivity contribution >= 4 is 5.78 Å². The van der Waals surface area contributed by atoms with Crippen LogP contribution >= 0.6 is 0 Å². The molecule has 23 heavy (non-hydrogen) atoms. The molecule has 3 heteroatoms. The Bertz CT molecular complexity index is 652. The smallest absolute Gasteiger partial charge is 0.141 e. The van der Waals surface area contributed by atoms with Gasteiger partial charge in [0, 0.05) is 6.42 Å². The number of methoxy groups -OCH3 is 1. The summed E-state index contributed by atoms with van der Waals surface area (Å²) in [6.07, 6.45) is 6.03. The minimum absolute atomic E-state index is 0.214. The summed E-state index contributed by atoms with van der Waals surface area (Å²) in [5, 5.41) is 11.6. The molecule has 2 saturated carbocycles. The number of aliphatic hydroxyl groups is 1. The molecule has 0 radical (unpaired) electrons. The van der Waals surface area contributed by atoms with Crippen molar-refractivity contribution in [3.63, 3.8) is 0 Å². The zero-order valence-electron chi connectivity index (χ0n) is 14.1. The molecule has 0 bridgehead atoms. The third-order valence-corrected chi connectivity index (χ3v) is 7.06. The van der Waals surface area contributed by atoms with Crippen LogP contribution in [0.3, 0.4) is 0 Å².